The molecule has 0 aliphatic rings. The Labute approximate surface area is 301 Å². The molecule has 1 atom stereocenters. The number of halogens is 1. The van der Waals surface area contributed by atoms with Gasteiger partial charge in [0.2, 0.25) is 0 Å². The van der Waals surface area contributed by atoms with Crippen LogP contribution in [0.5, 0.6) is 0 Å². The van der Waals surface area contributed by atoms with Crippen LogP contribution in [0.25, 0.3) is 0 Å². The van der Waals surface area contributed by atoms with E-state index in [1.165, 1.54) is 0 Å². The van der Waals surface area contributed by atoms with E-state index in [4.69, 9.17) is 25.5 Å². The zero-order chi connectivity index (χ0) is 36.1. The summed E-state index contributed by atoms with van der Waals surface area (Å²) in [5.41, 5.74) is 4.20. The summed E-state index contributed by atoms with van der Waals surface area (Å²) in [5, 5.41) is 3.09. The third-order valence-electron chi connectivity index (χ3n) is 8.59. The minimum atomic E-state index is -2.41. The fraction of sp³-hybridized carbons (Fsp3) is 0.300. The zero-order valence-electron chi connectivity index (χ0n) is 29.3. The number of carbonyl (C=O) groups is 3. The van der Waals surface area contributed by atoms with Gasteiger partial charge in [-0.1, -0.05) is 117 Å². The van der Waals surface area contributed by atoms with Gasteiger partial charge in [-0.05, 0) is 71.1 Å². The van der Waals surface area contributed by atoms with Crippen LogP contribution in [0, 0.1) is 0 Å². The number of benzene rings is 4. The maximum atomic E-state index is 13.3. The number of aliphatic imine (C=N–C) groups is 1. The first kappa shape index (κ1) is 38.2. The Balaban J connectivity index is 1.47. The van der Waals surface area contributed by atoms with E-state index >= 15 is 0 Å². The Kier molecular flexibility index (Phi) is 13.7. The molecule has 262 valence electrons. The second kappa shape index (κ2) is 17.9. The van der Waals surface area contributed by atoms with E-state index in [0.29, 0.717) is 16.4 Å². The van der Waals surface area contributed by atoms with Crippen LogP contribution in [0.2, 0.25) is 23.2 Å². The van der Waals surface area contributed by atoms with Crippen molar-refractivity contribution in [2.45, 2.75) is 77.5 Å². The first-order valence-corrected chi connectivity index (χ1v) is 19.9. The minimum Gasteiger partial charge on any atom is -0.444 e. The van der Waals surface area contributed by atoms with E-state index in [0.717, 1.165) is 22.3 Å². The van der Waals surface area contributed by atoms with Crippen LogP contribution in [0.4, 0.5) is 15.3 Å². The molecule has 0 saturated heterocycles. The van der Waals surface area contributed by atoms with Crippen molar-refractivity contribution in [3.05, 3.63) is 136 Å². The number of ketones is 1. The summed E-state index contributed by atoms with van der Waals surface area (Å²) in [5.74, 6) is -0.0458. The van der Waals surface area contributed by atoms with Crippen molar-refractivity contribution in [3.63, 3.8) is 0 Å². The van der Waals surface area contributed by atoms with Gasteiger partial charge in [0.05, 0.1) is 5.71 Å². The van der Waals surface area contributed by atoms with Gasteiger partial charge in [-0.15, -0.1) is 0 Å². The number of nitrogens with zero attached hydrogens (tertiary/aromatic N) is 1. The number of hydrogen-bond acceptors (Lipinski definition) is 6. The molecule has 0 bridgehead atoms. The molecule has 0 aliphatic heterocycles. The largest absolute Gasteiger partial charge is 0.444 e. The van der Waals surface area contributed by atoms with Gasteiger partial charge in [0.15, 0.2) is 8.32 Å². The van der Waals surface area contributed by atoms with E-state index in [-0.39, 0.29) is 43.3 Å². The number of hydrogen-bond donors (Lipinski definition) is 1. The Morgan fingerprint density at radius 2 is 1.36 bits per heavy atom. The maximum Gasteiger partial charge on any atom is 0.433 e. The van der Waals surface area contributed by atoms with Gasteiger partial charge in [-0.3, -0.25) is 10.1 Å². The highest BCUT2D eigenvalue weighted by Gasteiger charge is 2.41. The predicted octanol–water partition coefficient (Wildman–Crippen LogP) is 10.5. The second-order valence-corrected chi connectivity index (χ2v) is 18.7. The summed E-state index contributed by atoms with van der Waals surface area (Å²) in [6, 6.07) is 33.1. The molecular formula is C40H45ClN2O6Si. The van der Waals surface area contributed by atoms with Crippen LogP contribution >= 0.6 is 11.6 Å². The predicted molar refractivity (Wildman–Crippen MR) is 201 cm³/mol. The number of rotatable bonds is 14. The summed E-state index contributed by atoms with van der Waals surface area (Å²) in [7, 11) is -2.41. The molecule has 0 saturated carbocycles. The summed E-state index contributed by atoms with van der Waals surface area (Å²) >= 11 is 6.42. The van der Waals surface area contributed by atoms with Crippen molar-refractivity contribution in [2.24, 2.45) is 4.99 Å². The average molecular weight is 713 g/mol. The smallest absolute Gasteiger partial charge is 0.433 e. The number of Topliss-reactive ketones (excluding diaryl/α,β-unsaturated/α-hetero) is 1. The lowest BCUT2D eigenvalue weighted by molar-refractivity contribution is -0.118. The Hall–Kier alpha value is -4.57. The highest BCUT2D eigenvalue weighted by Crippen LogP contribution is 2.41. The molecular weight excluding hydrogens is 668 g/mol. The molecule has 10 heteroatoms. The molecule has 0 aromatic heterocycles. The van der Waals surface area contributed by atoms with Gasteiger partial charge >= 0.3 is 12.2 Å². The van der Waals surface area contributed by atoms with Gasteiger partial charge in [-0.2, -0.15) is 4.99 Å². The fourth-order valence-electron chi connectivity index (χ4n) is 4.75. The first-order chi connectivity index (χ1) is 23.8. The lowest BCUT2D eigenvalue weighted by Gasteiger charge is -2.39. The second-order valence-electron chi connectivity index (χ2n) is 13.6. The first-order valence-electron chi connectivity index (χ1n) is 16.6. The highest BCUT2D eigenvalue weighted by molar-refractivity contribution is 6.74. The highest BCUT2D eigenvalue weighted by atomic mass is 35.5. The van der Waals surface area contributed by atoms with Crippen LogP contribution in [0.3, 0.4) is 0 Å². The minimum absolute atomic E-state index is 0.0458. The molecule has 1 N–H and O–H groups in total. The number of nitrogens with one attached hydrogen (secondary N) is 1. The Bertz CT molecular complexity index is 1760. The molecule has 8 nitrogen and oxygen atoms in total. The lowest BCUT2D eigenvalue weighted by atomic mass is 9.98. The molecule has 50 heavy (non-hydrogen) atoms. The molecule has 0 aliphatic carbocycles. The van der Waals surface area contributed by atoms with Crippen LogP contribution in [0.1, 0.15) is 62.0 Å². The maximum absolute atomic E-state index is 13.3. The fourth-order valence-corrected chi connectivity index (χ4v) is 6.16. The van der Waals surface area contributed by atoms with E-state index in [9.17, 15) is 14.4 Å². The van der Waals surface area contributed by atoms with Gasteiger partial charge in [0.1, 0.15) is 25.1 Å². The normalized spacial score (nSPS) is 12.6. The van der Waals surface area contributed by atoms with Crippen molar-refractivity contribution < 1.29 is 28.3 Å². The molecule has 2 amide bonds. The monoisotopic (exact) mass is 712 g/mol. The Morgan fingerprint density at radius 1 is 0.760 bits per heavy atom. The summed E-state index contributed by atoms with van der Waals surface area (Å²) in [6.07, 6.45) is -1.57. The molecule has 4 rings (SSSR count). The van der Waals surface area contributed by atoms with Crippen LogP contribution < -0.4 is 5.32 Å². The van der Waals surface area contributed by atoms with E-state index < -0.39 is 26.6 Å². The quantitative estimate of drug-likeness (QED) is 0.103. The van der Waals surface area contributed by atoms with Crippen molar-refractivity contribution in [3.8, 4) is 0 Å². The topological polar surface area (TPSA) is 103 Å². The standard InChI is InChI=1S/C40H45ClN2O6Si/c1-40(2,3)50(4,5)49-37(32-17-12-18-33(41)26-32)36(43-39(46)48-28-31-15-10-7-11-16-31)24-23-35(44)25-29-19-21-34(22-20-29)42-38(45)47-27-30-13-8-6-9-14-30/h6-22,26,37H,23-25,27-28H2,1-5H3,(H,42,45)/t37-/m1/s1. The van der Waals surface area contributed by atoms with Gasteiger partial charge < -0.3 is 13.9 Å². The SMILES string of the molecule is CC(C)(C)[Si](C)(C)O[C@@H](C(CCC(=O)Cc1ccc(NC(=O)OCc2ccccc2)cc1)=NC(=O)OCc1ccccc1)c1cccc(Cl)c1. The zero-order valence-corrected chi connectivity index (χ0v) is 31.0. The van der Waals surface area contributed by atoms with Gasteiger partial charge in [0, 0.05) is 23.6 Å². The summed E-state index contributed by atoms with van der Waals surface area (Å²) < 4.78 is 17.7. The van der Waals surface area contributed by atoms with Crippen molar-refractivity contribution in [2.75, 3.05) is 5.32 Å². The van der Waals surface area contributed by atoms with Crippen LogP contribution in [-0.2, 0) is 38.3 Å². The molecule has 4 aromatic rings. The third kappa shape index (κ3) is 12.1. The molecule has 4 aromatic carbocycles. The summed E-state index contributed by atoms with van der Waals surface area (Å²) in [4.78, 5) is 43.2. The van der Waals surface area contributed by atoms with Crippen LogP contribution in [-0.4, -0.2) is 32.0 Å². The molecule has 0 unspecified atom stereocenters. The van der Waals surface area contributed by atoms with Gasteiger partial charge in [0.25, 0.3) is 0 Å². The molecule has 0 spiro atoms. The van der Waals surface area contributed by atoms with Crippen molar-refractivity contribution in [1.82, 2.24) is 0 Å². The number of amides is 2. The molecule has 0 fully saturated rings. The van der Waals surface area contributed by atoms with E-state index in [2.05, 4.69) is 44.2 Å². The van der Waals surface area contributed by atoms with Gasteiger partial charge in [-0.25, -0.2) is 9.59 Å². The molecule has 0 heterocycles. The lowest BCUT2D eigenvalue weighted by Crippen LogP contribution is -2.43. The van der Waals surface area contributed by atoms with E-state index in [1.54, 1.807) is 36.4 Å². The number of carbonyl (C=O) groups excluding carboxylic acids is 3. The van der Waals surface area contributed by atoms with Crippen molar-refractivity contribution >= 4 is 49.3 Å². The van der Waals surface area contributed by atoms with Crippen LogP contribution in [0.15, 0.2) is 114 Å². The van der Waals surface area contributed by atoms with Crippen molar-refractivity contribution in [1.29, 1.82) is 0 Å². The summed E-state index contributed by atoms with van der Waals surface area (Å²) in [6.45, 7) is 10.9. The third-order valence-corrected chi connectivity index (χ3v) is 13.3. The Morgan fingerprint density at radius 3 is 1.94 bits per heavy atom. The number of ether oxygens (including phenoxy) is 2. The molecule has 0 radical (unpaired) electrons. The number of anilines is 1. The van der Waals surface area contributed by atoms with E-state index in [1.807, 2.05) is 72.8 Å². The average Bonchev–Trinajstić information content (AvgIpc) is 3.08.